The van der Waals surface area contributed by atoms with E-state index >= 15 is 0 Å². The van der Waals surface area contributed by atoms with Crippen molar-refractivity contribution in [2.45, 2.75) is 84.0 Å². The summed E-state index contributed by atoms with van der Waals surface area (Å²) in [5.41, 5.74) is 3.84. The number of unbranched alkanes of at least 4 members (excludes halogenated alkanes) is 1. The first-order chi connectivity index (χ1) is 17.1. The lowest BCUT2D eigenvalue weighted by Crippen LogP contribution is -2.39. The van der Waals surface area contributed by atoms with Gasteiger partial charge in [-0.25, -0.2) is 8.78 Å². The highest BCUT2D eigenvalue weighted by Crippen LogP contribution is 2.27. The van der Waals surface area contributed by atoms with E-state index in [0.29, 0.717) is 36.9 Å². The van der Waals surface area contributed by atoms with Crippen molar-refractivity contribution in [2.24, 2.45) is 0 Å². The van der Waals surface area contributed by atoms with Crippen LogP contribution in [0.25, 0.3) is 0 Å². The van der Waals surface area contributed by atoms with Crippen LogP contribution in [-0.2, 0) is 22.4 Å². The van der Waals surface area contributed by atoms with Gasteiger partial charge < -0.3 is 14.9 Å². The predicted octanol–water partition coefficient (Wildman–Crippen LogP) is 5.52. The number of nitrogens with zero attached hydrogens (tertiary/aromatic N) is 1. The summed E-state index contributed by atoms with van der Waals surface area (Å²) in [5, 5.41) is 19.6. The van der Waals surface area contributed by atoms with E-state index in [4.69, 9.17) is 9.84 Å². The fraction of sp³-hybridized carbons (Fsp3) is 0.552. The second-order valence-electron chi connectivity index (χ2n) is 10.1. The van der Waals surface area contributed by atoms with Gasteiger partial charge in [-0.15, -0.1) is 0 Å². The summed E-state index contributed by atoms with van der Waals surface area (Å²) in [6.45, 7) is 6.79. The minimum Gasteiger partial charge on any atom is -0.481 e. The van der Waals surface area contributed by atoms with Gasteiger partial charge in [0, 0.05) is 19.0 Å². The maximum absolute atomic E-state index is 14.3. The zero-order valence-corrected chi connectivity index (χ0v) is 21.6. The number of hydrogen-bond acceptors (Lipinski definition) is 4. The van der Waals surface area contributed by atoms with Gasteiger partial charge in [-0.1, -0.05) is 18.2 Å². The lowest BCUT2D eigenvalue weighted by atomic mass is 9.95. The van der Waals surface area contributed by atoms with Gasteiger partial charge in [0.05, 0.1) is 18.8 Å². The van der Waals surface area contributed by atoms with Crippen LogP contribution in [0.5, 0.6) is 0 Å². The second-order valence-corrected chi connectivity index (χ2v) is 10.1. The van der Waals surface area contributed by atoms with Gasteiger partial charge in [-0.05, 0) is 106 Å². The van der Waals surface area contributed by atoms with Crippen LogP contribution in [0.3, 0.4) is 0 Å². The minimum absolute atomic E-state index is 0.115. The average Bonchev–Trinajstić information content (AvgIpc) is 3.25. The second kappa shape index (κ2) is 13.3. The molecule has 3 atom stereocenters. The van der Waals surface area contributed by atoms with Gasteiger partial charge in [0.15, 0.2) is 0 Å². The Morgan fingerprint density at radius 3 is 2.61 bits per heavy atom. The Morgan fingerprint density at radius 2 is 1.89 bits per heavy atom. The maximum Gasteiger partial charge on any atom is 0.303 e. The number of benzene rings is 2. The number of aryl methyl sites for hydroxylation is 3. The highest BCUT2D eigenvalue weighted by Gasteiger charge is 2.27. The van der Waals surface area contributed by atoms with Crippen LogP contribution in [0.1, 0.15) is 72.9 Å². The molecule has 5 nitrogen and oxygen atoms in total. The molecule has 1 aliphatic rings. The number of likely N-dealkylation sites (tertiary alicyclic amines) is 1. The van der Waals surface area contributed by atoms with Gasteiger partial charge in [-0.3, -0.25) is 9.69 Å². The highest BCUT2D eigenvalue weighted by atomic mass is 19.1. The molecule has 3 rings (SSSR count). The molecule has 1 aliphatic heterocycles. The van der Waals surface area contributed by atoms with Crippen molar-refractivity contribution in [1.82, 2.24) is 4.90 Å². The molecule has 0 spiro atoms. The van der Waals surface area contributed by atoms with E-state index in [1.807, 2.05) is 25.1 Å². The van der Waals surface area contributed by atoms with E-state index in [2.05, 4.69) is 4.90 Å². The van der Waals surface area contributed by atoms with Crippen molar-refractivity contribution < 1.29 is 28.5 Å². The first-order valence-electron chi connectivity index (χ1n) is 12.9. The monoisotopic (exact) mass is 503 g/mol. The number of β-amino-alcohol motifs (C(OH)–C–C–N with tert-alkyl or cyclic N) is 1. The van der Waals surface area contributed by atoms with Crippen LogP contribution >= 0.6 is 0 Å². The Kier molecular flexibility index (Phi) is 10.4. The number of aliphatic hydroxyl groups excluding tert-OH is 1. The lowest BCUT2D eigenvalue weighted by Gasteiger charge is -2.28. The van der Waals surface area contributed by atoms with Gasteiger partial charge in [-0.2, -0.15) is 0 Å². The molecule has 0 bridgehead atoms. The molecule has 2 N–H and O–H groups in total. The summed E-state index contributed by atoms with van der Waals surface area (Å²) in [6, 6.07) is 8.94. The first-order valence-corrected chi connectivity index (χ1v) is 12.9. The normalized spacial score (nSPS) is 17.9. The molecule has 7 heteroatoms. The summed E-state index contributed by atoms with van der Waals surface area (Å²) in [7, 11) is 0. The number of hydrogen-bond donors (Lipinski definition) is 2. The topological polar surface area (TPSA) is 70.0 Å². The smallest absolute Gasteiger partial charge is 0.303 e. The van der Waals surface area contributed by atoms with Crippen LogP contribution < -0.4 is 0 Å². The van der Waals surface area contributed by atoms with E-state index in [0.717, 1.165) is 42.5 Å². The molecule has 1 saturated heterocycles. The lowest BCUT2D eigenvalue weighted by molar-refractivity contribution is -0.137. The largest absolute Gasteiger partial charge is 0.481 e. The van der Waals surface area contributed by atoms with Gasteiger partial charge in [0.25, 0.3) is 0 Å². The maximum atomic E-state index is 14.3. The Hall–Kier alpha value is -2.35. The molecule has 0 aromatic heterocycles. The fourth-order valence-electron chi connectivity index (χ4n) is 5.01. The first kappa shape index (κ1) is 28.2. The third kappa shape index (κ3) is 8.08. The third-order valence-electron chi connectivity index (χ3n) is 7.14. The molecule has 1 heterocycles. The number of carboxylic acids is 1. The average molecular weight is 504 g/mol. The number of carbonyl (C=O) groups is 1. The molecule has 198 valence electrons. The van der Waals surface area contributed by atoms with E-state index in [1.54, 1.807) is 19.9 Å². The molecule has 0 saturated carbocycles. The number of rotatable bonds is 13. The van der Waals surface area contributed by atoms with Crippen molar-refractivity contribution in [1.29, 1.82) is 0 Å². The number of aliphatic carboxylic acids is 1. The van der Waals surface area contributed by atoms with Crippen LogP contribution in [0.4, 0.5) is 8.78 Å². The van der Waals surface area contributed by atoms with Crippen LogP contribution in [0.2, 0.25) is 0 Å². The summed E-state index contributed by atoms with van der Waals surface area (Å²) < 4.78 is 34.3. The van der Waals surface area contributed by atoms with Crippen LogP contribution in [0, 0.1) is 25.5 Å². The zero-order valence-electron chi connectivity index (χ0n) is 21.6. The van der Waals surface area contributed by atoms with Crippen molar-refractivity contribution in [3.05, 3.63) is 69.8 Å². The summed E-state index contributed by atoms with van der Waals surface area (Å²) >= 11 is 0. The Morgan fingerprint density at radius 1 is 1.14 bits per heavy atom. The molecule has 2 aromatic rings. The molecule has 0 radical (unpaired) electrons. The summed E-state index contributed by atoms with van der Waals surface area (Å²) in [5.74, 6) is -1.31. The predicted molar refractivity (Wildman–Crippen MR) is 136 cm³/mol. The zero-order chi connectivity index (χ0) is 26.2. The van der Waals surface area contributed by atoms with E-state index in [-0.39, 0.29) is 30.7 Å². The molecule has 0 aliphatic carbocycles. The molecule has 36 heavy (non-hydrogen) atoms. The van der Waals surface area contributed by atoms with E-state index in [1.165, 1.54) is 6.07 Å². The number of aliphatic hydroxyl groups is 1. The Balaban J connectivity index is 1.54. The van der Waals surface area contributed by atoms with Crippen molar-refractivity contribution in [3.63, 3.8) is 0 Å². The number of ether oxygens (including phenoxy) is 1. The fourth-order valence-corrected chi connectivity index (χ4v) is 5.01. The molecular formula is C29H39F2NO4. The minimum atomic E-state index is -0.817. The van der Waals surface area contributed by atoms with Crippen LogP contribution in [0.15, 0.2) is 30.3 Å². The Bertz CT molecular complexity index is 1030. The van der Waals surface area contributed by atoms with E-state index in [9.17, 15) is 18.7 Å². The number of carboxylic acid groups (broad SMARTS) is 1. The summed E-state index contributed by atoms with van der Waals surface area (Å²) in [6.07, 6.45) is 3.70. The standard InChI is InChI=1S/C29H39F2NO4/c1-19-10-11-22(15-27(19)30)14-24-8-6-12-32(24)17-25(33)18-36-21(3)26-16-28(31)20(2)13-23(26)7-4-5-9-29(34)35/h10-11,13,15-16,21,24-25,33H,4-9,12,14,17-18H2,1-3H3,(H,34,35)/t21-,24+,25-/m1/s1. The molecular weight excluding hydrogens is 464 g/mol. The molecule has 0 amide bonds. The van der Waals surface area contributed by atoms with Gasteiger partial charge in [0.1, 0.15) is 11.6 Å². The van der Waals surface area contributed by atoms with Gasteiger partial charge >= 0.3 is 5.97 Å². The molecule has 0 unspecified atom stereocenters. The van der Waals surface area contributed by atoms with Crippen molar-refractivity contribution in [3.8, 4) is 0 Å². The third-order valence-corrected chi connectivity index (χ3v) is 7.14. The molecule has 1 fully saturated rings. The number of halogens is 2. The highest BCUT2D eigenvalue weighted by molar-refractivity contribution is 5.66. The molecule has 2 aromatic carbocycles. The Labute approximate surface area is 213 Å². The van der Waals surface area contributed by atoms with Crippen molar-refractivity contribution >= 4 is 5.97 Å². The van der Waals surface area contributed by atoms with E-state index < -0.39 is 18.2 Å². The van der Waals surface area contributed by atoms with Crippen molar-refractivity contribution in [2.75, 3.05) is 19.7 Å². The SMILES string of the molecule is Cc1ccc(C[C@@H]2CCCN2C[C@@H](O)CO[C@H](C)c2cc(F)c(C)cc2CCCCC(=O)O)cc1F. The quantitative estimate of drug-likeness (QED) is 0.352. The van der Waals surface area contributed by atoms with Crippen LogP contribution in [-0.4, -0.2) is 52.9 Å². The van der Waals surface area contributed by atoms with Gasteiger partial charge in [0.2, 0.25) is 0 Å². The summed E-state index contributed by atoms with van der Waals surface area (Å²) in [4.78, 5) is 13.0.